The third kappa shape index (κ3) is 5.77. The molecule has 1 saturated heterocycles. The van der Waals surface area contributed by atoms with Crippen molar-refractivity contribution in [2.45, 2.75) is 50.4 Å². The lowest BCUT2D eigenvalue weighted by molar-refractivity contribution is -0.121. The molecule has 3 aromatic rings. The second kappa shape index (κ2) is 11.5. The van der Waals surface area contributed by atoms with Crippen molar-refractivity contribution in [3.8, 4) is 11.5 Å². The van der Waals surface area contributed by atoms with Crippen molar-refractivity contribution < 1.29 is 23.8 Å². The quantitative estimate of drug-likeness (QED) is 0.421. The van der Waals surface area contributed by atoms with Crippen LogP contribution >= 0.6 is 0 Å². The molecule has 6 rings (SSSR count). The lowest BCUT2D eigenvalue weighted by Crippen LogP contribution is -2.46. The third-order valence-corrected chi connectivity index (χ3v) is 8.00. The molecular formula is C30H35N5O6. The van der Waals surface area contributed by atoms with Crippen LogP contribution in [0.2, 0.25) is 0 Å². The van der Waals surface area contributed by atoms with Gasteiger partial charge in [0.2, 0.25) is 0 Å². The third-order valence-electron chi connectivity index (χ3n) is 8.00. The van der Waals surface area contributed by atoms with Crippen LogP contribution < -0.4 is 25.2 Å². The first-order valence-corrected chi connectivity index (χ1v) is 14.1. The molecule has 11 heteroatoms. The van der Waals surface area contributed by atoms with E-state index >= 15 is 0 Å². The zero-order chi connectivity index (χ0) is 28.5. The summed E-state index contributed by atoms with van der Waals surface area (Å²) in [6, 6.07) is 12.9. The van der Waals surface area contributed by atoms with Gasteiger partial charge in [0, 0.05) is 44.2 Å². The van der Waals surface area contributed by atoms with Crippen molar-refractivity contribution >= 4 is 28.6 Å². The highest BCUT2D eigenvalue weighted by molar-refractivity contribution is 5.90. The van der Waals surface area contributed by atoms with Gasteiger partial charge in [-0.3, -0.25) is 14.5 Å². The average molecular weight is 562 g/mol. The molecule has 11 nitrogen and oxygen atoms in total. The molecule has 2 fully saturated rings. The molecule has 1 aliphatic carbocycles. The summed E-state index contributed by atoms with van der Waals surface area (Å²) in [5.74, 6) is 1.79. The number of carbonyl (C=O) groups excluding carboxylic acids is 2. The summed E-state index contributed by atoms with van der Waals surface area (Å²) in [5.41, 5.74) is 1.34. The van der Waals surface area contributed by atoms with Crippen LogP contribution in [0.4, 0.5) is 10.6 Å². The van der Waals surface area contributed by atoms with Gasteiger partial charge >= 0.3 is 6.09 Å². The van der Waals surface area contributed by atoms with Crippen LogP contribution in [0, 0.1) is 0 Å². The van der Waals surface area contributed by atoms with Gasteiger partial charge < -0.3 is 29.0 Å². The largest absolute Gasteiger partial charge is 0.492 e. The fourth-order valence-corrected chi connectivity index (χ4v) is 5.89. The van der Waals surface area contributed by atoms with E-state index in [-0.39, 0.29) is 42.6 Å². The number of nitrogens with zero attached hydrogens (tertiary/aromatic N) is 4. The zero-order valence-electron chi connectivity index (χ0n) is 23.4. The van der Waals surface area contributed by atoms with Gasteiger partial charge in [-0.15, -0.1) is 0 Å². The molecule has 4 heterocycles. The number of hydrogen-bond donors (Lipinski definition) is 1. The molecule has 0 unspecified atom stereocenters. The second-order valence-corrected chi connectivity index (χ2v) is 11.1. The van der Waals surface area contributed by atoms with Crippen LogP contribution in [0.15, 0.2) is 47.3 Å². The van der Waals surface area contributed by atoms with E-state index in [0.29, 0.717) is 43.4 Å². The summed E-state index contributed by atoms with van der Waals surface area (Å²) in [5, 5.41) is 4.56. The minimum atomic E-state index is -0.415. The van der Waals surface area contributed by atoms with Gasteiger partial charge in [-0.25, -0.2) is 9.78 Å². The smallest absolute Gasteiger partial charge is 0.416 e. The number of benzene rings is 1. The molecule has 3 aliphatic rings. The summed E-state index contributed by atoms with van der Waals surface area (Å²) in [6.07, 6.45) is 1.82. The Kier molecular flexibility index (Phi) is 7.63. The molecule has 0 spiro atoms. The molecule has 2 aromatic heterocycles. The van der Waals surface area contributed by atoms with E-state index in [4.69, 9.17) is 14.2 Å². The summed E-state index contributed by atoms with van der Waals surface area (Å²) in [6.45, 7) is 2.54. The molecule has 1 saturated carbocycles. The Balaban J connectivity index is 1.08. The van der Waals surface area contributed by atoms with Gasteiger partial charge in [0.25, 0.3) is 5.56 Å². The Bertz CT molecular complexity index is 1520. The highest BCUT2D eigenvalue weighted by Crippen LogP contribution is 2.36. The Morgan fingerprint density at radius 3 is 2.80 bits per heavy atom. The Morgan fingerprint density at radius 1 is 1.10 bits per heavy atom. The summed E-state index contributed by atoms with van der Waals surface area (Å²) < 4.78 is 18.9. The van der Waals surface area contributed by atoms with Gasteiger partial charge in [-0.05, 0) is 62.7 Å². The number of rotatable bonds is 9. The molecule has 3 atom stereocenters. The molecule has 1 N–H and O–H groups in total. The Hall–Kier alpha value is -3.96. The number of carbonyl (C=O) groups is 2. The van der Waals surface area contributed by atoms with Crippen LogP contribution in [-0.2, 0) is 22.5 Å². The van der Waals surface area contributed by atoms with E-state index in [2.05, 4.69) is 15.2 Å². The fourth-order valence-electron chi connectivity index (χ4n) is 5.89. The first-order chi connectivity index (χ1) is 19.9. The van der Waals surface area contributed by atoms with Gasteiger partial charge in [0.1, 0.15) is 36.6 Å². The van der Waals surface area contributed by atoms with Crippen LogP contribution in [0.3, 0.4) is 0 Å². The number of pyridine rings is 2. The van der Waals surface area contributed by atoms with E-state index in [1.165, 1.54) is 0 Å². The lowest BCUT2D eigenvalue weighted by atomic mass is 9.88. The number of anilines is 1. The summed E-state index contributed by atoms with van der Waals surface area (Å²) >= 11 is 0. The number of fused-ring (bicyclic) bond motifs is 3. The van der Waals surface area contributed by atoms with Gasteiger partial charge in [-0.1, -0.05) is 0 Å². The topological polar surface area (TPSA) is 115 Å². The van der Waals surface area contributed by atoms with Crippen LogP contribution in [0.1, 0.15) is 25.0 Å². The molecule has 0 bridgehead atoms. The molecule has 2 aliphatic heterocycles. The predicted octanol–water partition coefficient (Wildman–Crippen LogP) is 2.38. The average Bonchev–Trinajstić information content (AvgIpc) is 3.28. The Labute approximate surface area is 238 Å². The number of aromatic nitrogens is 2. The van der Waals surface area contributed by atoms with E-state index in [9.17, 15) is 14.4 Å². The van der Waals surface area contributed by atoms with Crippen molar-refractivity contribution in [1.82, 2.24) is 19.8 Å². The van der Waals surface area contributed by atoms with Crippen LogP contribution in [0.25, 0.3) is 10.9 Å². The van der Waals surface area contributed by atoms with Crippen LogP contribution in [0.5, 0.6) is 11.5 Å². The number of ether oxygens (including phenoxy) is 3. The minimum Gasteiger partial charge on any atom is -0.492 e. The Morgan fingerprint density at radius 2 is 1.95 bits per heavy atom. The second-order valence-electron chi connectivity index (χ2n) is 11.1. The number of hydrogen-bond acceptors (Lipinski definition) is 9. The molecule has 216 valence electrons. The number of amides is 1. The fraction of sp³-hybridized carbons (Fsp3) is 0.467. The SMILES string of the molecule is CN(C)CCOc1ccc2ccc(=O)n(CCN[C@@H]3CC[C@@H]4[C@@H](C3)OC(=O)N4c3ccc4c(n3)CC(=O)CO4)c2c1. The van der Waals surface area contributed by atoms with Crippen molar-refractivity contribution in [1.29, 1.82) is 0 Å². The van der Waals surface area contributed by atoms with E-state index in [1.807, 2.05) is 38.4 Å². The monoisotopic (exact) mass is 561 g/mol. The summed E-state index contributed by atoms with van der Waals surface area (Å²) in [4.78, 5) is 45.7. The van der Waals surface area contributed by atoms with Crippen molar-refractivity contribution in [3.63, 3.8) is 0 Å². The van der Waals surface area contributed by atoms with Gasteiger partial charge in [-0.2, -0.15) is 0 Å². The number of Topliss-reactive ketones (excluding diaryl/α,β-unsaturated/α-hetero) is 1. The van der Waals surface area contributed by atoms with Crippen molar-refractivity contribution in [2.24, 2.45) is 0 Å². The van der Waals surface area contributed by atoms with E-state index < -0.39 is 6.09 Å². The van der Waals surface area contributed by atoms with Crippen molar-refractivity contribution in [2.75, 3.05) is 45.3 Å². The molecular weight excluding hydrogens is 526 g/mol. The number of likely N-dealkylation sites (N-methyl/N-ethyl adjacent to an activating group) is 1. The predicted molar refractivity (Wildman–Crippen MR) is 153 cm³/mol. The first-order valence-electron chi connectivity index (χ1n) is 14.1. The molecule has 0 radical (unpaired) electrons. The normalized spacial score (nSPS) is 21.9. The van der Waals surface area contributed by atoms with Gasteiger partial charge in [0.15, 0.2) is 5.78 Å². The number of nitrogens with one attached hydrogen (secondary N) is 1. The highest BCUT2D eigenvalue weighted by Gasteiger charge is 2.46. The maximum Gasteiger partial charge on any atom is 0.416 e. The van der Waals surface area contributed by atoms with Crippen LogP contribution in [-0.4, -0.2) is 84.9 Å². The standard InChI is InChI=1S/C30H35N5O6/c1-33(2)13-14-39-22-6-3-19-4-10-29(37)34(25(19)17-22)12-11-31-20-5-7-24-27(15-20)41-30(38)35(24)28-9-8-26-23(32-28)16-21(36)18-40-26/h3-4,6,8-10,17,20,24,27,31H,5,7,11-16,18H2,1-2H3/t20-,24-,27-/m1/s1. The maximum absolute atomic E-state index is 12.9. The van der Waals surface area contributed by atoms with Crippen molar-refractivity contribution in [3.05, 3.63) is 58.5 Å². The highest BCUT2D eigenvalue weighted by atomic mass is 16.6. The molecule has 1 aromatic carbocycles. The van der Waals surface area contributed by atoms with E-state index in [1.54, 1.807) is 27.7 Å². The zero-order valence-corrected chi connectivity index (χ0v) is 23.4. The molecule has 41 heavy (non-hydrogen) atoms. The maximum atomic E-state index is 12.9. The van der Waals surface area contributed by atoms with E-state index in [0.717, 1.165) is 36.0 Å². The number of ketones is 1. The summed E-state index contributed by atoms with van der Waals surface area (Å²) in [7, 11) is 4.00. The molecule has 1 amide bonds. The first kappa shape index (κ1) is 27.2. The lowest BCUT2D eigenvalue weighted by Gasteiger charge is -2.33. The minimum absolute atomic E-state index is 0.0323. The van der Waals surface area contributed by atoms with Gasteiger partial charge in [0.05, 0.1) is 23.7 Å².